The van der Waals surface area contributed by atoms with Crippen LogP contribution in [0.1, 0.15) is 6.42 Å². The van der Waals surface area contributed by atoms with Gasteiger partial charge < -0.3 is 16.2 Å². The molecule has 0 aromatic rings. The number of ether oxygens (including phenoxy) is 1. The first-order valence-corrected chi connectivity index (χ1v) is 4.60. The van der Waals surface area contributed by atoms with Crippen molar-refractivity contribution < 1.29 is 4.74 Å². The molecule has 0 radical (unpaired) electrons. The molecule has 0 bridgehead atoms. The summed E-state index contributed by atoms with van der Waals surface area (Å²) >= 11 is 0. The fourth-order valence-electron chi connectivity index (χ4n) is 1.62. The molecule has 0 aliphatic carbocycles. The molecule has 1 atom stereocenters. The van der Waals surface area contributed by atoms with Crippen LogP contribution in [0.5, 0.6) is 0 Å². The topological polar surface area (TPSA) is 64.5 Å². The molecule has 1 aliphatic heterocycles. The van der Waals surface area contributed by atoms with Crippen LogP contribution in [0.25, 0.3) is 0 Å². The molecular weight excluding hydrogens is 154 g/mol. The van der Waals surface area contributed by atoms with E-state index < -0.39 is 0 Å². The van der Waals surface area contributed by atoms with E-state index in [4.69, 9.17) is 16.2 Å². The largest absolute Gasteiger partial charge is 0.380 e. The number of hydrogen-bond acceptors (Lipinski definition) is 4. The van der Waals surface area contributed by atoms with E-state index in [-0.39, 0.29) is 0 Å². The van der Waals surface area contributed by atoms with Crippen LogP contribution in [0.4, 0.5) is 0 Å². The minimum absolute atomic E-state index is 0.553. The molecule has 4 heteroatoms. The Morgan fingerprint density at radius 1 is 1.25 bits per heavy atom. The zero-order chi connectivity index (χ0) is 8.81. The van der Waals surface area contributed by atoms with E-state index in [0.29, 0.717) is 19.1 Å². The molecular formula is C8H19N3O. The zero-order valence-electron chi connectivity index (χ0n) is 7.54. The van der Waals surface area contributed by atoms with Crippen LogP contribution in [0.3, 0.4) is 0 Å². The van der Waals surface area contributed by atoms with E-state index >= 15 is 0 Å². The van der Waals surface area contributed by atoms with Gasteiger partial charge in [0.15, 0.2) is 0 Å². The summed E-state index contributed by atoms with van der Waals surface area (Å²) in [5, 5.41) is 0. The molecule has 1 aliphatic rings. The molecule has 1 fully saturated rings. The van der Waals surface area contributed by atoms with Crippen molar-refractivity contribution in [3.63, 3.8) is 0 Å². The molecule has 4 N–H and O–H groups in total. The van der Waals surface area contributed by atoms with E-state index in [9.17, 15) is 0 Å². The van der Waals surface area contributed by atoms with Crippen LogP contribution < -0.4 is 11.5 Å². The summed E-state index contributed by atoms with van der Waals surface area (Å²) in [6.07, 6.45) is 1.12. The summed E-state index contributed by atoms with van der Waals surface area (Å²) in [6, 6.07) is 0.553. The third-order valence-electron chi connectivity index (χ3n) is 2.25. The van der Waals surface area contributed by atoms with Gasteiger partial charge >= 0.3 is 0 Å². The highest BCUT2D eigenvalue weighted by atomic mass is 16.5. The van der Waals surface area contributed by atoms with Crippen LogP contribution >= 0.6 is 0 Å². The number of nitrogens with zero attached hydrogens (tertiary/aromatic N) is 1. The average molecular weight is 173 g/mol. The molecule has 1 rings (SSSR count). The highest BCUT2D eigenvalue weighted by molar-refractivity contribution is 4.75. The first-order valence-electron chi connectivity index (χ1n) is 4.60. The molecule has 0 aromatic carbocycles. The normalized spacial score (nSPS) is 23.8. The van der Waals surface area contributed by atoms with Crippen molar-refractivity contribution in [3.05, 3.63) is 0 Å². The maximum Gasteiger partial charge on any atom is 0.0622 e. The maximum absolute atomic E-state index is 5.50. The van der Waals surface area contributed by atoms with E-state index in [1.54, 1.807) is 0 Å². The summed E-state index contributed by atoms with van der Waals surface area (Å²) in [6.45, 7) is 5.01. The van der Waals surface area contributed by atoms with E-state index in [1.165, 1.54) is 0 Å². The smallest absolute Gasteiger partial charge is 0.0622 e. The van der Waals surface area contributed by atoms with Crippen molar-refractivity contribution in [2.75, 3.05) is 39.4 Å². The summed E-state index contributed by atoms with van der Waals surface area (Å²) in [5.74, 6) is 0. The summed E-state index contributed by atoms with van der Waals surface area (Å²) in [4.78, 5) is 2.33. The van der Waals surface area contributed by atoms with Crippen molar-refractivity contribution in [1.29, 1.82) is 0 Å². The first-order chi connectivity index (χ1) is 5.88. The molecule has 72 valence electrons. The molecule has 1 saturated heterocycles. The minimum Gasteiger partial charge on any atom is -0.380 e. The quantitative estimate of drug-likeness (QED) is 0.559. The van der Waals surface area contributed by atoms with E-state index in [0.717, 1.165) is 32.7 Å². The fourth-order valence-corrected chi connectivity index (χ4v) is 1.62. The average Bonchev–Trinajstić information content (AvgIpc) is 2.56. The lowest BCUT2D eigenvalue weighted by Gasteiger charge is -2.26. The van der Waals surface area contributed by atoms with Crippen LogP contribution in [0.15, 0.2) is 0 Å². The molecule has 12 heavy (non-hydrogen) atoms. The van der Waals surface area contributed by atoms with Gasteiger partial charge in [0.2, 0.25) is 0 Å². The minimum atomic E-state index is 0.553. The lowest BCUT2D eigenvalue weighted by molar-refractivity contribution is 0.148. The van der Waals surface area contributed by atoms with E-state index in [1.807, 2.05) is 0 Å². The van der Waals surface area contributed by atoms with Crippen molar-refractivity contribution in [1.82, 2.24) is 4.90 Å². The standard InChI is InChI=1S/C8H19N3O/c9-2-4-11(5-3-10)8-1-6-12-7-8/h8H,1-7,9-10H2. The van der Waals surface area contributed by atoms with Gasteiger partial charge in [-0.2, -0.15) is 0 Å². The first kappa shape index (κ1) is 9.92. The summed E-state index contributed by atoms with van der Waals surface area (Å²) < 4.78 is 5.31. The predicted octanol–water partition coefficient (Wildman–Crippen LogP) is -1.01. The second kappa shape index (κ2) is 5.48. The Morgan fingerprint density at radius 3 is 2.33 bits per heavy atom. The maximum atomic E-state index is 5.50. The lowest BCUT2D eigenvalue weighted by Crippen LogP contribution is -2.42. The Balaban J connectivity index is 2.29. The second-order valence-electron chi connectivity index (χ2n) is 3.13. The Kier molecular flexibility index (Phi) is 4.53. The molecule has 1 heterocycles. The molecule has 0 amide bonds. The SMILES string of the molecule is NCCN(CCN)C1CCOC1. The second-order valence-corrected chi connectivity index (χ2v) is 3.13. The van der Waals surface area contributed by atoms with Gasteiger partial charge in [-0.05, 0) is 6.42 Å². The van der Waals surface area contributed by atoms with Gasteiger partial charge in [-0.25, -0.2) is 0 Å². The van der Waals surface area contributed by atoms with E-state index in [2.05, 4.69) is 4.90 Å². The molecule has 0 spiro atoms. The van der Waals surface area contributed by atoms with Crippen molar-refractivity contribution in [2.24, 2.45) is 11.5 Å². The third-order valence-corrected chi connectivity index (χ3v) is 2.25. The molecule has 0 saturated carbocycles. The Morgan fingerprint density at radius 2 is 1.92 bits per heavy atom. The molecule has 4 nitrogen and oxygen atoms in total. The number of hydrogen-bond donors (Lipinski definition) is 2. The summed E-state index contributed by atoms with van der Waals surface area (Å²) in [7, 11) is 0. The van der Waals surface area contributed by atoms with Gasteiger partial charge in [0, 0.05) is 38.8 Å². The number of rotatable bonds is 5. The lowest BCUT2D eigenvalue weighted by atomic mass is 10.2. The monoisotopic (exact) mass is 173 g/mol. The van der Waals surface area contributed by atoms with Gasteiger partial charge in [0.25, 0.3) is 0 Å². The van der Waals surface area contributed by atoms with Crippen LogP contribution in [-0.2, 0) is 4.74 Å². The Hall–Kier alpha value is -0.160. The Bertz CT molecular complexity index is 109. The fraction of sp³-hybridized carbons (Fsp3) is 1.00. The number of nitrogens with two attached hydrogens (primary N) is 2. The molecule has 0 aromatic heterocycles. The van der Waals surface area contributed by atoms with Gasteiger partial charge in [0.05, 0.1) is 6.61 Å². The predicted molar refractivity (Wildman–Crippen MR) is 48.9 cm³/mol. The highest BCUT2D eigenvalue weighted by Gasteiger charge is 2.21. The van der Waals surface area contributed by atoms with Gasteiger partial charge in [-0.3, -0.25) is 4.90 Å². The van der Waals surface area contributed by atoms with Crippen molar-refractivity contribution in [2.45, 2.75) is 12.5 Å². The van der Waals surface area contributed by atoms with Gasteiger partial charge in [-0.15, -0.1) is 0 Å². The summed E-state index contributed by atoms with van der Waals surface area (Å²) in [5.41, 5.74) is 11.0. The molecule has 1 unspecified atom stereocenters. The van der Waals surface area contributed by atoms with Crippen LogP contribution in [0.2, 0.25) is 0 Å². The van der Waals surface area contributed by atoms with Gasteiger partial charge in [-0.1, -0.05) is 0 Å². The Labute approximate surface area is 73.8 Å². The van der Waals surface area contributed by atoms with Gasteiger partial charge in [0.1, 0.15) is 0 Å². The van der Waals surface area contributed by atoms with Crippen molar-refractivity contribution in [3.8, 4) is 0 Å². The van der Waals surface area contributed by atoms with Crippen molar-refractivity contribution >= 4 is 0 Å². The third kappa shape index (κ3) is 2.71. The zero-order valence-corrected chi connectivity index (χ0v) is 7.54. The van der Waals surface area contributed by atoms with Crippen LogP contribution in [0, 0.1) is 0 Å². The van der Waals surface area contributed by atoms with Crippen LogP contribution in [-0.4, -0.2) is 50.3 Å². The highest BCUT2D eigenvalue weighted by Crippen LogP contribution is 2.10.